The molecule has 1 spiro atoms. The van der Waals surface area contributed by atoms with E-state index in [1.54, 1.807) is 0 Å². The number of carbonyl (C=O) groups is 1. The van der Waals surface area contributed by atoms with Crippen molar-refractivity contribution in [2.75, 3.05) is 0 Å². The highest BCUT2D eigenvalue weighted by molar-refractivity contribution is 5.78. The molecule has 3 heteroatoms. The maximum Gasteiger partial charge on any atom is 0.314 e. The summed E-state index contributed by atoms with van der Waals surface area (Å²) >= 11 is 0. The predicted molar refractivity (Wildman–Crippen MR) is 56.5 cm³/mol. The van der Waals surface area contributed by atoms with Crippen LogP contribution >= 0.6 is 0 Å². The third-order valence-corrected chi connectivity index (χ3v) is 5.70. The van der Waals surface area contributed by atoms with Crippen molar-refractivity contribution < 1.29 is 14.3 Å². The number of esters is 1. The van der Waals surface area contributed by atoms with Crippen molar-refractivity contribution in [2.45, 2.75) is 57.8 Å². The van der Waals surface area contributed by atoms with Gasteiger partial charge < -0.3 is 9.47 Å². The second kappa shape index (κ2) is 2.63. The van der Waals surface area contributed by atoms with Crippen LogP contribution in [0.5, 0.6) is 0 Å². The Labute approximate surface area is 95.5 Å². The largest absolute Gasteiger partial charge is 0.435 e. The summed E-state index contributed by atoms with van der Waals surface area (Å²) < 4.78 is 11.5. The van der Waals surface area contributed by atoms with Crippen LogP contribution < -0.4 is 0 Å². The number of hydrogen-bond acceptors (Lipinski definition) is 3. The van der Waals surface area contributed by atoms with E-state index in [2.05, 4.69) is 6.92 Å². The van der Waals surface area contributed by atoms with Gasteiger partial charge in [0.1, 0.15) is 0 Å². The Morgan fingerprint density at radius 1 is 1.31 bits per heavy atom. The first-order valence-electron chi connectivity index (χ1n) is 6.52. The Morgan fingerprint density at radius 3 is 3.06 bits per heavy atom. The van der Waals surface area contributed by atoms with Crippen molar-refractivity contribution in [1.82, 2.24) is 0 Å². The summed E-state index contributed by atoms with van der Waals surface area (Å²) in [5, 5.41) is 0. The number of rotatable bonds is 0. The van der Waals surface area contributed by atoms with Gasteiger partial charge in [-0.05, 0) is 44.9 Å². The molecular weight excluding hydrogens is 204 g/mol. The van der Waals surface area contributed by atoms with Gasteiger partial charge in [-0.1, -0.05) is 6.42 Å². The van der Waals surface area contributed by atoms with Crippen LogP contribution in [0.4, 0.5) is 0 Å². The normalized spacial score (nSPS) is 58.3. The molecule has 5 rings (SSSR count). The molecule has 1 unspecified atom stereocenters. The van der Waals surface area contributed by atoms with Crippen LogP contribution in [-0.4, -0.2) is 18.4 Å². The zero-order valence-corrected chi connectivity index (χ0v) is 9.70. The number of carbonyl (C=O) groups excluding carboxylic acids is 1. The van der Waals surface area contributed by atoms with Gasteiger partial charge in [-0.2, -0.15) is 0 Å². The highest BCUT2D eigenvalue weighted by Crippen LogP contribution is 2.66. The Bertz CT molecular complexity index is 362. The molecule has 3 saturated heterocycles. The number of hydrogen-bond donors (Lipinski definition) is 0. The molecule has 3 nitrogen and oxygen atoms in total. The van der Waals surface area contributed by atoms with E-state index in [1.165, 1.54) is 19.3 Å². The van der Waals surface area contributed by atoms with Gasteiger partial charge in [0, 0.05) is 5.41 Å². The van der Waals surface area contributed by atoms with Crippen molar-refractivity contribution in [3.63, 3.8) is 0 Å². The van der Waals surface area contributed by atoms with Gasteiger partial charge in [0.15, 0.2) is 0 Å². The minimum atomic E-state index is -0.217. The van der Waals surface area contributed by atoms with Crippen LogP contribution in [0.25, 0.3) is 0 Å². The minimum absolute atomic E-state index is 0.00169. The maximum atomic E-state index is 12.1. The molecule has 0 radical (unpaired) electrons. The molecule has 0 N–H and O–H groups in total. The van der Waals surface area contributed by atoms with Crippen LogP contribution in [0.3, 0.4) is 0 Å². The zero-order chi connectivity index (χ0) is 11.0. The van der Waals surface area contributed by atoms with Gasteiger partial charge in [0.25, 0.3) is 0 Å². The molecule has 0 amide bonds. The van der Waals surface area contributed by atoms with E-state index in [-0.39, 0.29) is 23.1 Å². The van der Waals surface area contributed by atoms with Crippen LogP contribution in [0.2, 0.25) is 0 Å². The van der Waals surface area contributed by atoms with Gasteiger partial charge in [-0.25, -0.2) is 0 Å². The van der Waals surface area contributed by atoms with Gasteiger partial charge in [-0.3, -0.25) is 4.79 Å². The SMILES string of the molecule is C[C@@]12CCC[C@@]34CC[C@@H](C[C@@H]31)OC4OC2=O. The highest BCUT2D eigenvalue weighted by Gasteiger charge is 2.68. The van der Waals surface area contributed by atoms with Gasteiger partial charge in [-0.15, -0.1) is 0 Å². The molecule has 5 atom stereocenters. The first-order valence-corrected chi connectivity index (χ1v) is 6.52. The molecule has 88 valence electrons. The third-order valence-electron chi connectivity index (χ3n) is 5.70. The second-order valence-corrected chi connectivity index (χ2v) is 6.33. The van der Waals surface area contributed by atoms with Crippen molar-refractivity contribution in [1.29, 1.82) is 0 Å². The van der Waals surface area contributed by atoms with E-state index in [1.807, 2.05) is 0 Å². The van der Waals surface area contributed by atoms with E-state index < -0.39 is 0 Å². The monoisotopic (exact) mass is 222 g/mol. The fraction of sp³-hybridized carbons (Fsp3) is 0.923. The summed E-state index contributed by atoms with van der Waals surface area (Å²) in [5.41, 5.74) is -0.0349. The molecule has 5 aliphatic rings. The average Bonchev–Trinajstić information content (AvgIpc) is 2.28. The predicted octanol–water partition coefficient (Wildman–Crippen LogP) is 2.24. The Balaban J connectivity index is 1.87. The molecule has 5 bridgehead atoms. The summed E-state index contributed by atoms with van der Waals surface area (Å²) in [4.78, 5) is 12.1. The van der Waals surface area contributed by atoms with Crippen LogP contribution in [-0.2, 0) is 14.3 Å². The van der Waals surface area contributed by atoms with E-state index in [9.17, 15) is 4.79 Å². The van der Waals surface area contributed by atoms with Gasteiger partial charge in [0.05, 0.1) is 11.5 Å². The quantitative estimate of drug-likeness (QED) is 0.590. The standard InChI is InChI=1S/C13H18O3/c1-12-4-2-5-13-6-3-8(7-9(12)13)15-11(13)16-10(12)14/h8-9,11H,2-7H2,1H3/t8-,9+,11?,12+,13+/m0/s1. The average molecular weight is 222 g/mol. The molecule has 0 aromatic rings. The molecule has 16 heavy (non-hydrogen) atoms. The van der Waals surface area contributed by atoms with Crippen molar-refractivity contribution in [2.24, 2.45) is 16.7 Å². The lowest BCUT2D eigenvalue weighted by molar-refractivity contribution is -0.345. The summed E-state index contributed by atoms with van der Waals surface area (Å²) in [6.45, 7) is 2.12. The van der Waals surface area contributed by atoms with E-state index in [4.69, 9.17) is 9.47 Å². The molecule has 3 heterocycles. The summed E-state index contributed by atoms with van der Waals surface area (Å²) in [7, 11) is 0. The second-order valence-electron chi connectivity index (χ2n) is 6.33. The van der Waals surface area contributed by atoms with Gasteiger partial charge in [0.2, 0.25) is 6.29 Å². The van der Waals surface area contributed by atoms with E-state index in [0.717, 1.165) is 19.3 Å². The smallest absolute Gasteiger partial charge is 0.314 e. The van der Waals surface area contributed by atoms with Crippen molar-refractivity contribution in [3.8, 4) is 0 Å². The van der Waals surface area contributed by atoms with Crippen LogP contribution in [0.15, 0.2) is 0 Å². The molecular formula is C13H18O3. The van der Waals surface area contributed by atoms with Crippen LogP contribution in [0, 0.1) is 16.7 Å². The number of ether oxygens (including phenoxy) is 2. The lowest BCUT2D eigenvalue weighted by Crippen LogP contribution is -2.68. The maximum absolute atomic E-state index is 12.1. The van der Waals surface area contributed by atoms with Crippen molar-refractivity contribution >= 4 is 5.97 Å². The molecule has 0 aromatic carbocycles. The van der Waals surface area contributed by atoms with E-state index in [0.29, 0.717) is 12.0 Å². The summed E-state index contributed by atoms with van der Waals surface area (Å²) in [6.07, 6.45) is 6.95. The fourth-order valence-corrected chi connectivity index (χ4v) is 4.83. The zero-order valence-electron chi connectivity index (χ0n) is 9.70. The topological polar surface area (TPSA) is 35.5 Å². The lowest BCUT2D eigenvalue weighted by atomic mass is 9.47. The molecule has 0 aromatic heterocycles. The summed E-state index contributed by atoms with van der Waals surface area (Å²) in [5.74, 6) is 0.519. The number of fused-ring (bicyclic) bond motifs is 1. The molecule has 5 fully saturated rings. The first-order chi connectivity index (χ1) is 7.65. The Morgan fingerprint density at radius 2 is 2.19 bits per heavy atom. The van der Waals surface area contributed by atoms with Gasteiger partial charge >= 0.3 is 5.97 Å². The fourth-order valence-electron chi connectivity index (χ4n) is 4.83. The first kappa shape index (κ1) is 9.46. The minimum Gasteiger partial charge on any atom is -0.435 e. The summed E-state index contributed by atoms with van der Waals surface area (Å²) in [6, 6.07) is 0. The Kier molecular flexibility index (Phi) is 1.56. The van der Waals surface area contributed by atoms with E-state index >= 15 is 0 Å². The van der Waals surface area contributed by atoms with Crippen LogP contribution in [0.1, 0.15) is 45.4 Å². The molecule has 3 aliphatic heterocycles. The molecule has 2 saturated carbocycles. The highest BCUT2D eigenvalue weighted by atomic mass is 16.7. The molecule has 2 aliphatic carbocycles. The third kappa shape index (κ3) is 0.849. The lowest BCUT2D eigenvalue weighted by Gasteiger charge is -2.65. The Hall–Kier alpha value is -0.570. The van der Waals surface area contributed by atoms with Crippen molar-refractivity contribution in [3.05, 3.63) is 0 Å².